The van der Waals surface area contributed by atoms with Crippen molar-refractivity contribution in [1.29, 1.82) is 0 Å². The number of aryl methyl sites for hydroxylation is 1. The van der Waals surface area contributed by atoms with Crippen molar-refractivity contribution in [2.75, 3.05) is 28.5 Å². The summed E-state index contributed by atoms with van der Waals surface area (Å²) in [7, 11) is -3.23. The predicted octanol–water partition coefficient (Wildman–Crippen LogP) is 1.07. The molecule has 1 atom stereocenters. The van der Waals surface area contributed by atoms with Crippen molar-refractivity contribution in [2.24, 2.45) is 11.7 Å². The highest BCUT2D eigenvalue weighted by atomic mass is 32.2. The first-order chi connectivity index (χ1) is 9.85. The van der Waals surface area contributed by atoms with Gasteiger partial charge in [0, 0.05) is 24.7 Å². The van der Waals surface area contributed by atoms with Crippen LogP contribution in [0.1, 0.15) is 18.9 Å². The number of nitrogens with zero attached hydrogens (tertiary/aromatic N) is 1. The summed E-state index contributed by atoms with van der Waals surface area (Å²) in [5.41, 5.74) is 7.55. The second kappa shape index (κ2) is 6.03. The van der Waals surface area contributed by atoms with Gasteiger partial charge < -0.3 is 11.1 Å². The Hall–Kier alpha value is -1.60. The van der Waals surface area contributed by atoms with Gasteiger partial charge in [-0.25, -0.2) is 8.42 Å². The number of amides is 1. The lowest BCUT2D eigenvalue weighted by Gasteiger charge is -2.20. The number of benzene rings is 1. The Morgan fingerprint density at radius 2 is 2.19 bits per heavy atom. The molecule has 2 rings (SSSR count). The molecular formula is C14H21N3O3S. The Balaban J connectivity index is 2.28. The summed E-state index contributed by atoms with van der Waals surface area (Å²) in [6.45, 7) is 4.36. The Labute approximate surface area is 125 Å². The minimum absolute atomic E-state index is 0.170. The monoisotopic (exact) mass is 311 g/mol. The average molecular weight is 311 g/mol. The summed E-state index contributed by atoms with van der Waals surface area (Å²) >= 11 is 0. The molecule has 0 radical (unpaired) electrons. The van der Waals surface area contributed by atoms with Gasteiger partial charge in [-0.05, 0) is 31.0 Å². The van der Waals surface area contributed by atoms with Crippen LogP contribution in [0.2, 0.25) is 0 Å². The fourth-order valence-corrected chi connectivity index (χ4v) is 3.86. The van der Waals surface area contributed by atoms with E-state index in [9.17, 15) is 13.2 Å². The van der Waals surface area contributed by atoms with E-state index >= 15 is 0 Å². The van der Waals surface area contributed by atoms with Gasteiger partial charge in [0.15, 0.2) is 0 Å². The minimum atomic E-state index is -3.23. The minimum Gasteiger partial charge on any atom is -0.330 e. The van der Waals surface area contributed by atoms with Crippen LogP contribution in [0.3, 0.4) is 0 Å². The third-order valence-corrected chi connectivity index (χ3v) is 5.50. The van der Waals surface area contributed by atoms with Crippen LogP contribution < -0.4 is 15.4 Å². The summed E-state index contributed by atoms with van der Waals surface area (Å²) < 4.78 is 25.5. The largest absolute Gasteiger partial charge is 0.330 e. The molecule has 116 valence electrons. The molecule has 1 aromatic carbocycles. The molecule has 3 N–H and O–H groups in total. The summed E-state index contributed by atoms with van der Waals surface area (Å²) in [6, 6.07) is 5.29. The molecule has 0 spiro atoms. The molecule has 7 heteroatoms. The lowest BCUT2D eigenvalue weighted by atomic mass is 10.1. The highest BCUT2D eigenvalue weighted by molar-refractivity contribution is 7.93. The van der Waals surface area contributed by atoms with Gasteiger partial charge in [0.25, 0.3) is 0 Å². The summed E-state index contributed by atoms with van der Waals surface area (Å²) in [5.74, 6) is -0.283. The van der Waals surface area contributed by atoms with Gasteiger partial charge in [0.2, 0.25) is 15.9 Å². The number of hydrogen-bond acceptors (Lipinski definition) is 4. The van der Waals surface area contributed by atoms with Crippen LogP contribution in [0.15, 0.2) is 18.2 Å². The van der Waals surface area contributed by atoms with Crippen LogP contribution in [-0.4, -0.2) is 33.2 Å². The molecule has 1 amide bonds. The van der Waals surface area contributed by atoms with E-state index in [0.717, 1.165) is 5.56 Å². The number of hydrogen-bond donors (Lipinski definition) is 2. The summed E-state index contributed by atoms with van der Waals surface area (Å²) in [6.07, 6.45) is 0.628. The molecule has 0 bridgehead atoms. The predicted molar refractivity (Wildman–Crippen MR) is 83.8 cm³/mol. The van der Waals surface area contributed by atoms with Gasteiger partial charge in [0.05, 0.1) is 11.4 Å². The van der Waals surface area contributed by atoms with Crippen LogP contribution in [0.5, 0.6) is 0 Å². The Morgan fingerprint density at radius 1 is 1.48 bits per heavy atom. The van der Waals surface area contributed by atoms with Crippen LogP contribution >= 0.6 is 0 Å². The van der Waals surface area contributed by atoms with Crippen LogP contribution in [0, 0.1) is 12.8 Å². The molecule has 1 saturated heterocycles. The molecule has 21 heavy (non-hydrogen) atoms. The van der Waals surface area contributed by atoms with E-state index in [1.807, 2.05) is 13.0 Å². The van der Waals surface area contributed by atoms with E-state index in [-0.39, 0.29) is 24.1 Å². The molecule has 6 nitrogen and oxygen atoms in total. The summed E-state index contributed by atoms with van der Waals surface area (Å²) in [4.78, 5) is 11.9. The van der Waals surface area contributed by atoms with Gasteiger partial charge in [-0.2, -0.15) is 0 Å². The zero-order chi connectivity index (χ0) is 15.6. The lowest BCUT2D eigenvalue weighted by Crippen LogP contribution is -2.28. The van der Waals surface area contributed by atoms with Crippen molar-refractivity contribution in [3.63, 3.8) is 0 Å². The second-order valence-electron chi connectivity index (χ2n) is 5.37. The van der Waals surface area contributed by atoms with Crippen LogP contribution in [-0.2, 0) is 14.8 Å². The van der Waals surface area contributed by atoms with Gasteiger partial charge in [0.1, 0.15) is 0 Å². The molecule has 0 saturated carbocycles. The van der Waals surface area contributed by atoms with Crippen LogP contribution in [0.25, 0.3) is 0 Å². The Morgan fingerprint density at radius 3 is 2.76 bits per heavy atom. The fourth-order valence-electron chi connectivity index (χ4n) is 2.24. The van der Waals surface area contributed by atoms with E-state index in [4.69, 9.17) is 5.73 Å². The van der Waals surface area contributed by atoms with Gasteiger partial charge in [-0.3, -0.25) is 9.10 Å². The molecule has 0 aliphatic carbocycles. The number of nitrogens with one attached hydrogen (secondary N) is 1. The molecule has 1 aliphatic heterocycles. The normalized spacial score (nSPS) is 18.5. The SMILES string of the molecule is Cc1ccc(NC(=O)C(C)CN)cc1N1CCCS1(=O)=O. The van der Waals surface area contributed by atoms with Crippen LogP contribution in [0.4, 0.5) is 11.4 Å². The first kappa shape index (κ1) is 15.8. The third-order valence-electron chi connectivity index (χ3n) is 3.65. The summed E-state index contributed by atoms with van der Waals surface area (Å²) in [5, 5.41) is 2.77. The Bertz CT molecular complexity index is 643. The maximum absolute atomic E-state index is 12.0. The van der Waals surface area contributed by atoms with Crippen molar-refractivity contribution >= 4 is 27.3 Å². The second-order valence-corrected chi connectivity index (χ2v) is 7.38. The fraction of sp³-hybridized carbons (Fsp3) is 0.500. The van der Waals surface area contributed by atoms with Crippen molar-refractivity contribution in [3.05, 3.63) is 23.8 Å². The first-order valence-corrected chi connectivity index (χ1v) is 8.58. The number of nitrogens with two attached hydrogens (primary N) is 1. The lowest BCUT2D eigenvalue weighted by molar-refractivity contribution is -0.119. The van der Waals surface area contributed by atoms with E-state index in [2.05, 4.69) is 5.32 Å². The first-order valence-electron chi connectivity index (χ1n) is 6.97. The molecule has 0 aromatic heterocycles. The number of anilines is 2. The maximum Gasteiger partial charge on any atom is 0.235 e. The van der Waals surface area contributed by atoms with E-state index in [1.165, 1.54) is 4.31 Å². The van der Waals surface area contributed by atoms with Gasteiger partial charge in [-0.15, -0.1) is 0 Å². The number of carbonyl (C=O) groups is 1. The van der Waals surface area contributed by atoms with E-state index in [0.29, 0.717) is 24.3 Å². The molecule has 1 unspecified atom stereocenters. The zero-order valence-electron chi connectivity index (χ0n) is 12.3. The number of carbonyl (C=O) groups excluding carboxylic acids is 1. The standard InChI is InChI=1S/C14H21N3O3S/c1-10-4-5-12(16-14(18)11(2)9-15)8-13(10)17-6-3-7-21(17,19)20/h4-5,8,11H,3,6-7,9,15H2,1-2H3,(H,16,18). The average Bonchev–Trinajstić information content (AvgIpc) is 2.79. The number of rotatable bonds is 4. The van der Waals surface area contributed by atoms with E-state index in [1.54, 1.807) is 19.1 Å². The van der Waals surface area contributed by atoms with Gasteiger partial charge >= 0.3 is 0 Å². The molecule has 1 heterocycles. The van der Waals surface area contributed by atoms with Crippen molar-refractivity contribution in [1.82, 2.24) is 0 Å². The highest BCUT2D eigenvalue weighted by Gasteiger charge is 2.29. The topological polar surface area (TPSA) is 92.5 Å². The van der Waals surface area contributed by atoms with E-state index < -0.39 is 10.0 Å². The molecule has 1 aliphatic rings. The molecular weight excluding hydrogens is 290 g/mol. The highest BCUT2D eigenvalue weighted by Crippen LogP contribution is 2.30. The third kappa shape index (κ3) is 3.36. The van der Waals surface area contributed by atoms with Crippen molar-refractivity contribution in [2.45, 2.75) is 20.3 Å². The molecule has 1 fully saturated rings. The van der Waals surface area contributed by atoms with Gasteiger partial charge in [-0.1, -0.05) is 13.0 Å². The zero-order valence-corrected chi connectivity index (χ0v) is 13.1. The quantitative estimate of drug-likeness (QED) is 0.870. The number of sulfonamides is 1. The maximum atomic E-state index is 12.0. The van der Waals surface area contributed by atoms with Crippen molar-refractivity contribution in [3.8, 4) is 0 Å². The molecule has 1 aromatic rings. The smallest absolute Gasteiger partial charge is 0.235 e. The van der Waals surface area contributed by atoms with Crippen molar-refractivity contribution < 1.29 is 13.2 Å². The Kier molecular flexibility index (Phi) is 4.53.